The lowest BCUT2D eigenvalue weighted by Gasteiger charge is -2.29. The molecular weight excluding hydrogens is 392 g/mol. The van der Waals surface area contributed by atoms with Gasteiger partial charge in [0.2, 0.25) is 5.91 Å². The highest BCUT2D eigenvalue weighted by atomic mass is 32.1. The van der Waals surface area contributed by atoms with Gasteiger partial charge in [0.25, 0.3) is 5.91 Å². The molecule has 0 radical (unpaired) electrons. The third kappa shape index (κ3) is 4.09. The molecule has 0 unspecified atom stereocenters. The number of carboxylic acids is 1. The SMILES string of the molecule is O=C([O-])[C@H]1CC=CC[C@@H]1C(=O)Nc1sc2c(c1C(=O)N1CCOCC1)CCCC2. The molecule has 0 saturated carbocycles. The van der Waals surface area contributed by atoms with Crippen LogP contribution in [0.4, 0.5) is 5.00 Å². The fourth-order valence-electron chi connectivity index (χ4n) is 4.37. The predicted molar refractivity (Wildman–Crippen MR) is 107 cm³/mol. The highest BCUT2D eigenvalue weighted by Gasteiger charge is 2.33. The number of thiophene rings is 1. The summed E-state index contributed by atoms with van der Waals surface area (Å²) in [5, 5.41) is 14.9. The Morgan fingerprint density at radius 3 is 2.48 bits per heavy atom. The first-order valence-corrected chi connectivity index (χ1v) is 11.1. The lowest BCUT2D eigenvalue weighted by molar-refractivity contribution is -0.313. The van der Waals surface area contributed by atoms with E-state index in [0.29, 0.717) is 49.7 Å². The summed E-state index contributed by atoms with van der Waals surface area (Å²) in [5.41, 5.74) is 1.64. The Morgan fingerprint density at radius 2 is 1.76 bits per heavy atom. The van der Waals surface area contributed by atoms with Gasteiger partial charge in [0, 0.05) is 29.9 Å². The smallest absolute Gasteiger partial charge is 0.257 e. The van der Waals surface area contributed by atoms with Crippen LogP contribution >= 0.6 is 11.3 Å². The molecule has 2 atom stereocenters. The number of hydrogen-bond donors (Lipinski definition) is 1. The maximum absolute atomic E-state index is 13.3. The van der Waals surface area contributed by atoms with Crippen LogP contribution in [-0.2, 0) is 27.2 Å². The number of rotatable bonds is 4. The molecule has 2 amide bonds. The largest absolute Gasteiger partial charge is 0.550 e. The molecule has 156 valence electrons. The van der Waals surface area contributed by atoms with Crippen LogP contribution in [0.1, 0.15) is 46.5 Å². The van der Waals surface area contributed by atoms with Crippen LogP contribution in [-0.4, -0.2) is 49.0 Å². The van der Waals surface area contributed by atoms with Crippen LogP contribution in [0.15, 0.2) is 12.2 Å². The Balaban J connectivity index is 1.62. The van der Waals surface area contributed by atoms with Gasteiger partial charge in [-0.3, -0.25) is 9.59 Å². The monoisotopic (exact) mass is 417 g/mol. The van der Waals surface area contributed by atoms with Gasteiger partial charge in [0.1, 0.15) is 5.00 Å². The summed E-state index contributed by atoms with van der Waals surface area (Å²) in [6.45, 7) is 2.11. The van der Waals surface area contributed by atoms with Crippen LogP contribution in [0.25, 0.3) is 0 Å². The number of hydrogen-bond acceptors (Lipinski definition) is 6. The number of morpholine rings is 1. The van der Waals surface area contributed by atoms with E-state index in [-0.39, 0.29) is 11.8 Å². The number of amides is 2. The molecule has 1 aromatic rings. The van der Waals surface area contributed by atoms with E-state index >= 15 is 0 Å². The van der Waals surface area contributed by atoms with Gasteiger partial charge in [0.15, 0.2) is 0 Å². The zero-order valence-corrected chi connectivity index (χ0v) is 17.1. The van der Waals surface area contributed by atoms with Crippen molar-refractivity contribution in [1.82, 2.24) is 4.90 Å². The van der Waals surface area contributed by atoms with Crippen molar-refractivity contribution in [3.8, 4) is 0 Å². The van der Waals surface area contributed by atoms with Gasteiger partial charge >= 0.3 is 0 Å². The van der Waals surface area contributed by atoms with Crippen molar-refractivity contribution < 1.29 is 24.2 Å². The Bertz CT molecular complexity index is 840. The fourth-order valence-corrected chi connectivity index (χ4v) is 5.66. The van der Waals surface area contributed by atoms with Crippen molar-refractivity contribution in [2.24, 2.45) is 11.8 Å². The number of nitrogens with one attached hydrogen (secondary N) is 1. The Labute approximate surface area is 173 Å². The van der Waals surface area contributed by atoms with Crippen molar-refractivity contribution in [2.75, 3.05) is 31.6 Å². The second-order valence-electron chi connectivity index (χ2n) is 7.78. The summed E-state index contributed by atoms with van der Waals surface area (Å²) in [6, 6.07) is 0. The van der Waals surface area contributed by atoms with Crippen LogP contribution < -0.4 is 10.4 Å². The predicted octanol–water partition coefficient (Wildman–Crippen LogP) is 1.37. The molecule has 2 aliphatic carbocycles. The van der Waals surface area contributed by atoms with E-state index in [1.54, 1.807) is 11.0 Å². The van der Waals surface area contributed by atoms with Crippen molar-refractivity contribution in [2.45, 2.75) is 38.5 Å². The lowest BCUT2D eigenvalue weighted by Crippen LogP contribution is -2.42. The Hall–Kier alpha value is -2.19. The second kappa shape index (κ2) is 8.67. The van der Waals surface area contributed by atoms with E-state index in [4.69, 9.17) is 4.74 Å². The van der Waals surface area contributed by atoms with Crippen LogP contribution in [0.5, 0.6) is 0 Å². The molecule has 0 spiro atoms. The third-order valence-corrected chi connectivity index (χ3v) is 7.20. The molecule has 0 bridgehead atoms. The number of nitrogens with zero attached hydrogens (tertiary/aromatic N) is 1. The minimum Gasteiger partial charge on any atom is -0.550 e. The van der Waals surface area contributed by atoms with Gasteiger partial charge < -0.3 is 24.9 Å². The summed E-state index contributed by atoms with van der Waals surface area (Å²) in [4.78, 5) is 40.7. The number of carboxylic acid groups (broad SMARTS) is 1. The van der Waals surface area contributed by atoms with Gasteiger partial charge in [-0.15, -0.1) is 11.3 Å². The molecule has 8 heteroatoms. The van der Waals surface area contributed by atoms with E-state index in [2.05, 4.69) is 5.32 Å². The van der Waals surface area contributed by atoms with Crippen LogP contribution in [0.3, 0.4) is 0 Å². The molecular formula is C21H25N2O5S-. The van der Waals surface area contributed by atoms with E-state index in [0.717, 1.165) is 36.1 Å². The average Bonchev–Trinajstić information content (AvgIpc) is 3.11. The first-order valence-electron chi connectivity index (χ1n) is 10.2. The topological polar surface area (TPSA) is 98.8 Å². The number of carbonyl (C=O) groups is 3. The Kier molecular flexibility index (Phi) is 6.01. The number of anilines is 1. The van der Waals surface area contributed by atoms with Crippen molar-refractivity contribution in [3.05, 3.63) is 28.2 Å². The van der Waals surface area contributed by atoms with Crippen LogP contribution in [0, 0.1) is 11.8 Å². The number of fused-ring (bicyclic) bond motifs is 1. The first-order chi connectivity index (χ1) is 14.1. The highest BCUT2D eigenvalue weighted by Crippen LogP contribution is 2.39. The third-order valence-electron chi connectivity index (χ3n) is 5.99. The average molecular weight is 418 g/mol. The zero-order chi connectivity index (χ0) is 20.4. The summed E-state index contributed by atoms with van der Waals surface area (Å²) in [5.74, 6) is -3.14. The maximum atomic E-state index is 13.3. The molecule has 3 aliphatic rings. The summed E-state index contributed by atoms with van der Waals surface area (Å²) in [6.07, 6.45) is 8.12. The lowest BCUT2D eigenvalue weighted by atomic mass is 9.82. The number of carbonyl (C=O) groups excluding carboxylic acids is 3. The molecule has 2 heterocycles. The van der Waals surface area contributed by atoms with E-state index < -0.39 is 17.8 Å². The maximum Gasteiger partial charge on any atom is 0.257 e. The van der Waals surface area contributed by atoms with Crippen molar-refractivity contribution >= 4 is 34.1 Å². The van der Waals surface area contributed by atoms with E-state index in [1.807, 2.05) is 6.08 Å². The molecule has 1 aromatic heterocycles. The second-order valence-corrected chi connectivity index (χ2v) is 8.89. The number of aliphatic carboxylic acids is 1. The highest BCUT2D eigenvalue weighted by molar-refractivity contribution is 7.17. The van der Waals surface area contributed by atoms with Crippen LogP contribution in [0.2, 0.25) is 0 Å². The molecule has 7 nitrogen and oxygen atoms in total. The number of aryl methyl sites for hydroxylation is 1. The minimum atomic E-state index is -1.20. The molecule has 0 aromatic carbocycles. The van der Waals surface area contributed by atoms with Gasteiger partial charge in [0.05, 0.1) is 24.7 Å². The summed E-state index contributed by atoms with van der Waals surface area (Å²) < 4.78 is 5.36. The molecule has 29 heavy (non-hydrogen) atoms. The van der Waals surface area contributed by atoms with Crippen molar-refractivity contribution in [3.63, 3.8) is 0 Å². The van der Waals surface area contributed by atoms with E-state index in [1.165, 1.54) is 11.3 Å². The summed E-state index contributed by atoms with van der Waals surface area (Å²) >= 11 is 1.46. The first kappa shape index (κ1) is 20.1. The van der Waals surface area contributed by atoms with Gasteiger partial charge in [-0.1, -0.05) is 12.2 Å². The summed E-state index contributed by atoms with van der Waals surface area (Å²) in [7, 11) is 0. The molecule has 1 aliphatic heterocycles. The standard InChI is InChI=1S/C21H26N2O5S/c24-18(13-5-1-2-6-14(13)21(26)27)22-19-17(15-7-3-4-8-16(15)29-19)20(25)23-9-11-28-12-10-23/h1-2,13-14H,3-12H2,(H,22,24)(H,26,27)/p-1/t13-,14-/m0/s1. The minimum absolute atomic E-state index is 0.0667. The number of ether oxygens (including phenoxy) is 1. The zero-order valence-electron chi connectivity index (χ0n) is 16.3. The van der Waals surface area contributed by atoms with Crippen molar-refractivity contribution in [1.29, 1.82) is 0 Å². The van der Waals surface area contributed by atoms with Gasteiger partial charge in [-0.25, -0.2) is 0 Å². The molecule has 1 fully saturated rings. The van der Waals surface area contributed by atoms with Gasteiger partial charge in [-0.2, -0.15) is 0 Å². The van der Waals surface area contributed by atoms with E-state index in [9.17, 15) is 19.5 Å². The molecule has 1 N–H and O–H groups in total. The molecule has 1 saturated heterocycles. The van der Waals surface area contributed by atoms with Gasteiger partial charge in [-0.05, 0) is 44.1 Å². The normalized spacial score (nSPS) is 24.1. The molecule has 4 rings (SSSR count). The Morgan fingerprint density at radius 1 is 1.07 bits per heavy atom. The quantitative estimate of drug-likeness (QED) is 0.746. The fraction of sp³-hybridized carbons (Fsp3) is 0.571. The number of allylic oxidation sites excluding steroid dienone is 2.